The van der Waals surface area contributed by atoms with E-state index in [4.69, 9.17) is 4.74 Å². The van der Waals surface area contributed by atoms with Crippen molar-refractivity contribution in [1.82, 2.24) is 20.0 Å². The lowest BCUT2D eigenvalue weighted by atomic mass is 9.94. The number of amides is 3. The summed E-state index contributed by atoms with van der Waals surface area (Å²) in [6, 6.07) is 8.00. The predicted molar refractivity (Wildman–Crippen MR) is 137 cm³/mol. The molecule has 1 aliphatic heterocycles. The Morgan fingerprint density at radius 3 is 2.62 bits per heavy atom. The number of nitrogens with zero attached hydrogens (tertiary/aromatic N) is 3. The number of rotatable bonds is 9. The van der Waals surface area contributed by atoms with Crippen molar-refractivity contribution in [2.24, 2.45) is 0 Å². The third-order valence-corrected chi connectivity index (χ3v) is 7.08. The molecule has 0 unspecified atom stereocenters. The molecule has 4 rings (SSSR count). The zero-order chi connectivity index (χ0) is 26.6. The van der Waals surface area contributed by atoms with Crippen molar-refractivity contribution in [1.29, 1.82) is 0 Å². The highest BCUT2D eigenvalue weighted by molar-refractivity contribution is 6.06. The SMILES string of the molecule is CCCCN1C(=O)c2cc(C(=O)Nc3cccc(C(=O)OCC)c3)nn2C[C@@]1(C)C(=O)NC1CCCC1. The van der Waals surface area contributed by atoms with Crippen molar-refractivity contribution in [3.8, 4) is 0 Å². The number of aromatic nitrogens is 2. The number of carbonyl (C=O) groups excluding carboxylic acids is 4. The van der Waals surface area contributed by atoms with Crippen molar-refractivity contribution in [3.05, 3.63) is 47.3 Å². The molecule has 0 saturated heterocycles. The van der Waals surface area contributed by atoms with Crippen LogP contribution in [0.4, 0.5) is 5.69 Å². The summed E-state index contributed by atoms with van der Waals surface area (Å²) in [6.07, 6.45) is 5.70. The lowest BCUT2D eigenvalue weighted by Gasteiger charge is -2.43. The van der Waals surface area contributed by atoms with Gasteiger partial charge in [-0.3, -0.25) is 19.1 Å². The summed E-state index contributed by atoms with van der Waals surface area (Å²) in [4.78, 5) is 53.7. The summed E-state index contributed by atoms with van der Waals surface area (Å²) >= 11 is 0. The lowest BCUT2D eigenvalue weighted by molar-refractivity contribution is -0.133. The van der Waals surface area contributed by atoms with Crippen molar-refractivity contribution < 1.29 is 23.9 Å². The molecule has 1 aromatic heterocycles. The fourth-order valence-corrected chi connectivity index (χ4v) is 4.96. The van der Waals surface area contributed by atoms with E-state index in [2.05, 4.69) is 15.7 Å². The smallest absolute Gasteiger partial charge is 0.338 e. The Morgan fingerprint density at radius 1 is 1.16 bits per heavy atom. The first-order valence-corrected chi connectivity index (χ1v) is 13.1. The Labute approximate surface area is 216 Å². The van der Waals surface area contributed by atoms with E-state index in [1.807, 2.05) is 6.92 Å². The van der Waals surface area contributed by atoms with Crippen molar-refractivity contribution >= 4 is 29.4 Å². The second-order valence-electron chi connectivity index (χ2n) is 9.87. The van der Waals surface area contributed by atoms with Gasteiger partial charge in [0.1, 0.15) is 11.2 Å². The molecule has 2 heterocycles. The fourth-order valence-electron chi connectivity index (χ4n) is 4.96. The maximum Gasteiger partial charge on any atom is 0.338 e. The molecule has 3 amide bonds. The number of ether oxygens (including phenoxy) is 1. The quantitative estimate of drug-likeness (QED) is 0.500. The van der Waals surface area contributed by atoms with E-state index in [9.17, 15) is 19.2 Å². The molecule has 0 spiro atoms. The Morgan fingerprint density at radius 2 is 1.92 bits per heavy atom. The number of nitrogens with one attached hydrogen (secondary N) is 2. The Balaban J connectivity index is 1.56. The molecule has 1 saturated carbocycles. The van der Waals surface area contributed by atoms with E-state index in [0.717, 1.165) is 38.5 Å². The highest BCUT2D eigenvalue weighted by Gasteiger charge is 2.48. The lowest BCUT2D eigenvalue weighted by Crippen LogP contribution is -2.65. The Kier molecular flexibility index (Phi) is 7.94. The summed E-state index contributed by atoms with van der Waals surface area (Å²) < 4.78 is 6.48. The van der Waals surface area contributed by atoms with Crippen LogP contribution in [-0.4, -0.2) is 63.1 Å². The molecule has 0 radical (unpaired) electrons. The molecular weight excluding hydrogens is 474 g/mol. The summed E-state index contributed by atoms with van der Waals surface area (Å²) in [6.45, 7) is 6.37. The molecule has 1 aliphatic carbocycles. The molecule has 10 heteroatoms. The van der Waals surface area contributed by atoms with E-state index in [-0.39, 0.29) is 42.4 Å². The van der Waals surface area contributed by atoms with Crippen LogP contribution in [0.5, 0.6) is 0 Å². The largest absolute Gasteiger partial charge is 0.462 e. The minimum atomic E-state index is -1.12. The van der Waals surface area contributed by atoms with Crippen LogP contribution in [0, 0.1) is 0 Å². The number of hydrogen-bond acceptors (Lipinski definition) is 6. The number of benzene rings is 1. The number of fused-ring (bicyclic) bond motifs is 1. The van der Waals surface area contributed by atoms with Crippen LogP contribution in [0.1, 0.15) is 90.6 Å². The van der Waals surface area contributed by atoms with Crippen LogP contribution in [0.3, 0.4) is 0 Å². The van der Waals surface area contributed by atoms with Gasteiger partial charge in [-0.1, -0.05) is 32.3 Å². The van der Waals surface area contributed by atoms with Crippen molar-refractivity contribution in [2.45, 2.75) is 77.4 Å². The van der Waals surface area contributed by atoms with Gasteiger partial charge in [-0.25, -0.2) is 4.79 Å². The van der Waals surface area contributed by atoms with Gasteiger partial charge in [0.15, 0.2) is 5.69 Å². The average Bonchev–Trinajstić information content (AvgIpc) is 3.54. The third-order valence-electron chi connectivity index (χ3n) is 7.08. The predicted octanol–water partition coefficient (Wildman–Crippen LogP) is 3.39. The fraction of sp³-hybridized carbons (Fsp3) is 0.519. The number of unbranched alkanes of at least 4 members (excludes halogenated alkanes) is 1. The van der Waals surface area contributed by atoms with Crippen LogP contribution in [-0.2, 0) is 16.1 Å². The van der Waals surface area contributed by atoms with Crippen LogP contribution in [0.2, 0.25) is 0 Å². The molecule has 2 aromatic rings. The van der Waals surface area contributed by atoms with Crippen molar-refractivity contribution in [3.63, 3.8) is 0 Å². The number of hydrogen-bond donors (Lipinski definition) is 2. The minimum absolute atomic E-state index is 0.0563. The minimum Gasteiger partial charge on any atom is -0.462 e. The first kappa shape index (κ1) is 26.4. The number of esters is 1. The topological polar surface area (TPSA) is 123 Å². The Bertz CT molecular complexity index is 1190. The molecule has 10 nitrogen and oxygen atoms in total. The molecule has 37 heavy (non-hydrogen) atoms. The molecule has 1 atom stereocenters. The van der Waals surface area contributed by atoms with Crippen LogP contribution >= 0.6 is 0 Å². The Hall–Kier alpha value is -3.69. The van der Waals surface area contributed by atoms with Crippen LogP contribution in [0.15, 0.2) is 30.3 Å². The van der Waals surface area contributed by atoms with Crippen LogP contribution in [0.25, 0.3) is 0 Å². The van der Waals surface area contributed by atoms with Crippen molar-refractivity contribution in [2.75, 3.05) is 18.5 Å². The first-order chi connectivity index (χ1) is 17.8. The summed E-state index contributed by atoms with van der Waals surface area (Å²) in [5.41, 5.74) is -0.0727. The van der Waals surface area contributed by atoms with E-state index in [0.29, 0.717) is 17.8 Å². The summed E-state index contributed by atoms with van der Waals surface area (Å²) in [5.74, 6) is -1.51. The molecule has 2 N–H and O–H groups in total. The van der Waals surface area contributed by atoms with E-state index in [1.165, 1.54) is 16.8 Å². The zero-order valence-electron chi connectivity index (χ0n) is 21.7. The third kappa shape index (κ3) is 5.52. The maximum atomic E-state index is 13.6. The van der Waals surface area contributed by atoms with Gasteiger partial charge in [0.25, 0.3) is 11.8 Å². The van der Waals surface area contributed by atoms with Gasteiger partial charge in [-0.2, -0.15) is 5.10 Å². The second kappa shape index (κ2) is 11.1. The van der Waals surface area contributed by atoms with Gasteiger partial charge in [-0.15, -0.1) is 0 Å². The molecule has 1 aromatic carbocycles. The maximum absolute atomic E-state index is 13.6. The van der Waals surface area contributed by atoms with Gasteiger partial charge in [0, 0.05) is 24.3 Å². The van der Waals surface area contributed by atoms with Gasteiger partial charge in [0.05, 0.1) is 18.7 Å². The van der Waals surface area contributed by atoms with Crippen LogP contribution < -0.4 is 10.6 Å². The van der Waals surface area contributed by atoms with Gasteiger partial charge < -0.3 is 20.3 Å². The average molecular weight is 510 g/mol. The number of carbonyl (C=O) groups is 4. The van der Waals surface area contributed by atoms with Gasteiger partial charge >= 0.3 is 5.97 Å². The second-order valence-corrected chi connectivity index (χ2v) is 9.87. The molecular formula is C27H35N5O5. The molecule has 1 fully saturated rings. The van der Waals surface area contributed by atoms with Gasteiger partial charge in [0.2, 0.25) is 5.91 Å². The summed E-state index contributed by atoms with van der Waals surface area (Å²) in [5, 5.41) is 10.3. The standard InChI is InChI=1S/C27H35N5O5/c1-4-6-14-31-24(34)22-16-21(23(33)28-20-13-9-10-18(15-20)25(35)37-5-2)30-32(22)17-27(31,3)26(36)29-19-11-7-8-12-19/h9-10,13,15-16,19H,4-8,11-12,14,17H2,1-3H3,(H,28,33)(H,29,36)/t27-/m0/s1. The number of anilines is 1. The first-order valence-electron chi connectivity index (χ1n) is 13.1. The highest BCUT2D eigenvalue weighted by Crippen LogP contribution is 2.29. The monoisotopic (exact) mass is 509 g/mol. The van der Waals surface area contributed by atoms with E-state index < -0.39 is 17.4 Å². The van der Waals surface area contributed by atoms with Gasteiger partial charge in [-0.05, 0) is 51.3 Å². The normalized spacial score (nSPS) is 19.4. The van der Waals surface area contributed by atoms with E-state index >= 15 is 0 Å². The summed E-state index contributed by atoms with van der Waals surface area (Å²) in [7, 11) is 0. The zero-order valence-corrected chi connectivity index (χ0v) is 21.7. The molecule has 0 bridgehead atoms. The highest BCUT2D eigenvalue weighted by atomic mass is 16.5. The molecule has 2 aliphatic rings. The molecule has 198 valence electrons. The van der Waals surface area contributed by atoms with E-state index in [1.54, 1.807) is 36.9 Å².